The van der Waals surface area contributed by atoms with E-state index >= 15 is 0 Å². The molecule has 11 heteroatoms. The minimum Gasteiger partial charge on any atom is -0.296 e. The smallest absolute Gasteiger partial charge is 0.277 e. The van der Waals surface area contributed by atoms with E-state index in [9.17, 15) is 13.2 Å². The molecule has 3 heterocycles. The van der Waals surface area contributed by atoms with Crippen LogP contribution in [0.1, 0.15) is 10.5 Å². The molecule has 4 aromatic rings. The van der Waals surface area contributed by atoms with Gasteiger partial charge in [0.2, 0.25) is 10.0 Å². The van der Waals surface area contributed by atoms with Crippen LogP contribution in [0.15, 0.2) is 53.2 Å². The molecule has 0 unspecified atom stereocenters. The Balaban J connectivity index is 1.44. The van der Waals surface area contributed by atoms with Crippen LogP contribution in [0.5, 0.6) is 0 Å². The molecular weight excluding hydrogens is 430 g/mol. The molecule has 148 valence electrons. The number of nitrogens with one attached hydrogen (secondary N) is 3. The number of sulfonamides is 1. The highest BCUT2D eigenvalue weighted by Crippen LogP contribution is 2.27. The van der Waals surface area contributed by atoms with Crippen LogP contribution in [0, 0.1) is 0 Å². The lowest BCUT2D eigenvalue weighted by molar-refractivity contribution is 0.102. The van der Waals surface area contributed by atoms with Crippen LogP contribution in [0.2, 0.25) is 0 Å². The number of aromatic nitrogens is 3. The zero-order valence-electron chi connectivity index (χ0n) is 15.0. The van der Waals surface area contributed by atoms with Crippen molar-refractivity contribution in [3.63, 3.8) is 0 Å². The predicted octanol–water partition coefficient (Wildman–Crippen LogP) is 3.89. The Morgan fingerprint density at radius 2 is 1.93 bits per heavy atom. The standard InChI is InChI=1S/C18H15N5O3S3/c1-29(25,26)23-12-6-4-11(5-7-12)15-10-28-18(19-15)20-17(24)14-9-13(21-22-14)16-3-2-8-27-16/h2-10,23H,1H3,(H,21,22)(H,19,20,24). The van der Waals surface area contributed by atoms with E-state index in [1.165, 1.54) is 11.3 Å². The molecular formula is C18H15N5O3S3. The highest BCUT2D eigenvalue weighted by Gasteiger charge is 2.14. The number of anilines is 2. The molecule has 3 aromatic heterocycles. The molecule has 0 saturated carbocycles. The van der Waals surface area contributed by atoms with Crippen molar-refractivity contribution in [1.82, 2.24) is 15.2 Å². The van der Waals surface area contributed by atoms with Gasteiger partial charge in [0.15, 0.2) is 10.8 Å². The molecule has 0 atom stereocenters. The van der Waals surface area contributed by atoms with Crippen molar-refractivity contribution in [3.05, 3.63) is 58.9 Å². The number of rotatable bonds is 6. The average Bonchev–Trinajstić information content (AvgIpc) is 3.42. The zero-order valence-corrected chi connectivity index (χ0v) is 17.5. The number of hydrogen-bond donors (Lipinski definition) is 3. The number of benzene rings is 1. The molecule has 4 rings (SSSR count). The summed E-state index contributed by atoms with van der Waals surface area (Å²) in [7, 11) is -3.32. The van der Waals surface area contributed by atoms with Crippen LogP contribution in [0.25, 0.3) is 21.8 Å². The van der Waals surface area contributed by atoms with Gasteiger partial charge in [0.05, 0.1) is 22.5 Å². The van der Waals surface area contributed by atoms with Gasteiger partial charge in [0.1, 0.15) is 0 Å². The predicted molar refractivity (Wildman–Crippen MR) is 116 cm³/mol. The second-order valence-electron chi connectivity index (χ2n) is 6.09. The molecule has 0 saturated heterocycles. The third kappa shape index (κ3) is 4.70. The third-order valence-corrected chi connectivity index (χ3v) is 6.07. The van der Waals surface area contributed by atoms with Gasteiger partial charge in [-0.05, 0) is 29.6 Å². The highest BCUT2D eigenvalue weighted by molar-refractivity contribution is 7.92. The quantitative estimate of drug-likeness (QED) is 0.416. The molecule has 0 spiro atoms. The fourth-order valence-electron chi connectivity index (χ4n) is 2.54. The summed E-state index contributed by atoms with van der Waals surface area (Å²) in [6.07, 6.45) is 1.10. The Morgan fingerprint density at radius 3 is 2.62 bits per heavy atom. The van der Waals surface area contributed by atoms with Gasteiger partial charge in [-0.15, -0.1) is 22.7 Å². The SMILES string of the molecule is CS(=O)(=O)Nc1ccc(-c2csc(NC(=O)c3cc(-c4cccs4)[nH]n3)n2)cc1. The molecule has 1 aromatic carbocycles. The summed E-state index contributed by atoms with van der Waals surface area (Å²) in [5.41, 5.74) is 3.02. The van der Waals surface area contributed by atoms with Crippen molar-refractivity contribution in [2.75, 3.05) is 16.3 Å². The summed E-state index contributed by atoms with van der Waals surface area (Å²) >= 11 is 2.85. The Morgan fingerprint density at radius 1 is 1.14 bits per heavy atom. The summed E-state index contributed by atoms with van der Waals surface area (Å²) in [6.45, 7) is 0. The maximum atomic E-state index is 12.4. The molecule has 3 N–H and O–H groups in total. The van der Waals surface area contributed by atoms with Crippen LogP contribution in [0.4, 0.5) is 10.8 Å². The van der Waals surface area contributed by atoms with Gasteiger partial charge < -0.3 is 0 Å². The van der Waals surface area contributed by atoms with Gasteiger partial charge in [0, 0.05) is 16.6 Å². The Labute approximate surface area is 174 Å². The topological polar surface area (TPSA) is 117 Å². The lowest BCUT2D eigenvalue weighted by Gasteiger charge is -2.04. The van der Waals surface area contributed by atoms with Gasteiger partial charge in [-0.1, -0.05) is 18.2 Å². The molecule has 1 amide bonds. The maximum absolute atomic E-state index is 12.4. The van der Waals surface area contributed by atoms with Gasteiger partial charge in [-0.3, -0.25) is 19.9 Å². The summed E-state index contributed by atoms with van der Waals surface area (Å²) in [4.78, 5) is 17.9. The maximum Gasteiger partial charge on any atom is 0.277 e. The molecule has 0 aliphatic rings. The number of carbonyl (C=O) groups is 1. The van der Waals surface area contributed by atoms with Crippen molar-refractivity contribution < 1.29 is 13.2 Å². The molecule has 29 heavy (non-hydrogen) atoms. The molecule has 8 nitrogen and oxygen atoms in total. The first-order valence-electron chi connectivity index (χ1n) is 8.32. The molecule has 0 aliphatic heterocycles. The van der Waals surface area contributed by atoms with Crippen molar-refractivity contribution in [2.24, 2.45) is 0 Å². The largest absolute Gasteiger partial charge is 0.296 e. The van der Waals surface area contributed by atoms with E-state index in [4.69, 9.17) is 0 Å². The van der Waals surface area contributed by atoms with Gasteiger partial charge in [-0.2, -0.15) is 5.10 Å². The van der Waals surface area contributed by atoms with Gasteiger partial charge in [-0.25, -0.2) is 13.4 Å². The van der Waals surface area contributed by atoms with Gasteiger partial charge in [0.25, 0.3) is 5.91 Å². The summed E-state index contributed by atoms with van der Waals surface area (Å²) in [5.74, 6) is -0.349. The fourth-order valence-corrected chi connectivity index (χ4v) is 4.52. The lowest BCUT2D eigenvalue weighted by Crippen LogP contribution is -2.12. The van der Waals surface area contributed by atoms with Crippen molar-refractivity contribution in [3.8, 4) is 21.8 Å². The van der Waals surface area contributed by atoms with Crippen LogP contribution in [-0.2, 0) is 10.0 Å². The number of carbonyl (C=O) groups excluding carboxylic acids is 1. The number of H-pyrrole nitrogens is 1. The first-order chi connectivity index (χ1) is 13.9. The molecule has 0 radical (unpaired) electrons. The van der Waals surface area contributed by atoms with E-state index in [0.717, 1.165) is 22.4 Å². The third-order valence-electron chi connectivity index (χ3n) is 3.81. The highest BCUT2D eigenvalue weighted by atomic mass is 32.2. The normalized spacial score (nSPS) is 11.3. The Hall–Kier alpha value is -3.02. The number of thiophene rings is 1. The minimum absolute atomic E-state index is 0.279. The first kappa shape index (κ1) is 19.3. The Kier molecular flexibility index (Phi) is 5.18. The summed E-state index contributed by atoms with van der Waals surface area (Å²) in [6, 6.07) is 12.4. The average molecular weight is 446 g/mol. The van der Waals surface area contributed by atoms with Crippen molar-refractivity contribution >= 4 is 49.4 Å². The van der Waals surface area contributed by atoms with E-state index < -0.39 is 10.0 Å². The van der Waals surface area contributed by atoms with Crippen LogP contribution < -0.4 is 10.0 Å². The fraction of sp³-hybridized carbons (Fsp3) is 0.0556. The monoisotopic (exact) mass is 445 g/mol. The molecule has 0 bridgehead atoms. The van der Waals surface area contributed by atoms with Crippen LogP contribution >= 0.6 is 22.7 Å². The molecule has 0 fully saturated rings. The van der Waals surface area contributed by atoms with Crippen molar-refractivity contribution in [1.29, 1.82) is 0 Å². The summed E-state index contributed by atoms with van der Waals surface area (Å²) in [5, 5.41) is 13.9. The van der Waals surface area contributed by atoms with E-state index in [0.29, 0.717) is 16.5 Å². The molecule has 0 aliphatic carbocycles. The zero-order chi connectivity index (χ0) is 20.4. The van der Waals surface area contributed by atoms with Crippen LogP contribution in [0.3, 0.4) is 0 Å². The first-order valence-corrected chi connectivity index (χ1v) is 12.0. The second kappa shape index (κ2) is 7.78. The van der Waals surface area contributed by atoms with Crippen LogP contribution in [-0.4, -0.2) is 35.8 Å². The number of aromatic amines is 1. The number of nitrogens with zero attached hydrogens (tertiary/aromatic N) is 2. The number of amides is 1. The second-order valence-corrected chi connectivity index (χ2v) is 9.64. The Bertz CT molecular complexity index is 1240. The minimum atomic E-state index is -3.32. The van der Waals surface area contributed by atoms with Gasteiger partial charge >= 0.3 is 0 Å². The number of hydrogen-bond acceptors (Lipinski definition) is 7. The summed E-state index contributed by atoms with van der Waals surface area (Å²) < 4.78 is 25.0. The van der Waals surface area contributed by atoms with Crippen molar-refractivity contribution in [2.45, 2.75) is 0 Å². The number of thiazole rings is 1. The lowest BCUT2D eigenvalue weighted by atomic mass is 10.1. The van der Waals surface area contributed by atoms with E-state index in [2.05, 4.69) is 25.2 Å². The van der Waals surface area contributed by atoms with E-state index in [1.54, 1.807) is 41.7 Å². The van der Waals surface area contributed by atoms with E-state index in [1.807, 2.05) is 22.9 Å². The van der Waals surface area contributed by atoms with E-state index in [-0.39, 0.29) is 11.6 Å².